The summed E-state index contributed by atoms with van der Waals surface area (Å²) in [5.74, 6) is -1.60. The third-order valence-electron chi connectivity index (χ3n) is 13.2. The minimum Gasteiger partial charge on any atom is -0.394 e. The van der Waals surface area contributed by atoms with Crippen molar-refractivity contribution in [2.24, 2.45) is 0 Å². The average molecular weight is 1060 g/mol. The van der Waals surface area contributed by atoms with Gasteiger partial charge in [0.05, 0.1) is 39.1 Å². The Bertz CT molecular complexity index is 1730. The van der Waals surface area contributed by atoms with E-state index in [0.717, 1.165) is 13.8 Å². The van der Waals surface area contributed by atoms with Gasteiger partial charge in [0.1, 0.15) is 140 Å². The molecule has 1 unspecified atom stereocenters. The van der Waals surface area contributed by atoms with Crippen molar-refractivity contribution in [1.82, 2.24) is 10.6 Å². The predicted octanol–water partition coefficient (Wildman–Crippen LogP) is -12.8. The summed E-state index contributed by atoms with van der Waals surface area (Å²) in [6.07, 6.45) is -51.4. The molecule has 6 heterocycles. The lowest BCUT2D eigenvalue weighted by atomic mass is 9.94. The predicted molar refractivity (Wildman–Crippen MR) is 221 cm³/mol. The number of ether oxygens (including phenoxy) is 11. The van der Waals surface area contributed by atoms with Crippen molar-refractivity contribution in [2.45, 2.75) is 205 Å². The van der Waals surface area contributed by atoms with Crippen LogP contribution in [-0.2, 0) is 61.7 Å². The maximum atomic E-state index is 12.7. The van der Waals surface area contributed by atoms with Crippen molar-refractivity contribution in [2.75, 3.05) is 33.0 Å². The highest BCUT2D eigenvalue weighted by molar-refractivity contribution is 5.73. The summed E-state index contributed by atoms with van der Waals surface area (Å²) < 4.78 is 62.8. The van der Waals surface area contributed by atoms with Gasteiger partial charge in [-0.3, -0.25) is 9.59 Å². The van der Waals surface area contributed by atoms with E-state index in [1.54, 1.807) is 0 Å². The Balaban J connectivity index is 1.26. The number of carbonyl (C=O) groups is 2. The van der Waals surface area contributed by atoms with Gasteiger partial charge in [-0.25, -0.2) is 0 Å². The third kappa shape index (κ3) is 12.8. The quantitative estimate of drug-likeness (QED) is 0.0643. The number of hydrogen-bond donors (Lipinski definition) is 19. The Labute approximate surface area is 408 Å². The van der Waals surface area contributed by atoms with Gasteiger partial charge in [0, 0.05) is 13.8 Å². The molecule has 0 bridgehead atoms. The average Bonchev–Trinajstić information content (AvgIpc) is 3.34. The summed E-state index contributed by atoms with van der Waals surface area (Å²) in [6, 6.07) is -3.40. The van der Waals surface area contributed by atoms with Crippen LogP contribution in [0.5, 0.6) is 0 Å². The standard InChI is InChI=1S/C40H68N2O30/c1-9-19(48)25(54)28(57)37(64-9)63-8-16-33(23(52)17(35(61)65-16)41-10(2)46)70-36-18(42-11(3)47)24(53)32(14(6-45)68-36)71-40-31(60)34(72-39-30(59)27(56)21(50)13(5-44)67-39)22(51)15(69-40)7-62-38-29(58)26(55)20(49)12(4-43)66-38/h9,12-40,43-45,48-61H,4-8H2,1-3H3,(H,41,46)(H,42,47)/t9-,12-,13-,14-,15-,16-,17-,18-,19+,20-,21-,22-,23-,24-,25+,26+,27+,28-,29+,30+,31+,32-,33-,34+,35?,36+,37+,38+,39-,40+/m1/s1. The second kappa shape index (κ2) is 25.3. The first-order chi connectivity index (χ1) is 33.9. The molecule has 2 amide bonds. The van der Waals surface area contributed by atoms with Gasteiger partial charge < -0.3 is 150 Å². The molecule has 6 rings (SSSR count). The Morgan fingerprint density at radius 2 is 0.792 bits per heavy atom. The molecule has 32 nitrogen and oxygen atoms in total. The second-order valence-electron chi connectivity index (χ2n) is 18.3. The van der Waals surface area contributed by atoms with E-state index in [0.29, 0.717) is 0 Å². The van der Waals surface area contributed by atoms with E-state index >= 15 is 0 Å². The van der Waals surface area contributed by atoms with Crippen molar-refractivity contribution in [3.8, 4) is 0 Å². The van der Waals surface area contributed by atoms with Gasteiger partial charge >= 0.3 is 0 Å². The van der Waals surface area contributed by atoms with Crippen LogP contribution in [0.15, 0.2) is 0 Å². The number of carbonyl (C=O) groups excluding carboxylic acids is 2. The van der Waals surface area contributed by atoms with E-state index in [1.807, 2.05) is 0 Å². The Kier molecular flexibility index (Phi) is 20.8. The molecule has 0 radical (unpaired) electrons. The molecule has 32 heteroatoms. The van der Waals surface area contributed by atoms with E-state index in [2.05, 4.69) is 10.6 Å². The lowest BCUT2D eigenvalue weighted by molar-refractivity contribution is -0.384. The summed E-state index contributed by atoms with van der Waals surface area (Å²) in [5, 5.41) is 186. The Morgan fingerprint density at radius 1 is 0.389 bits per heavy atom. The zero-order chi connectivity index (χ0) is 53.2. The van der Waals surface area contributed by atoms with Gasteiger partial charge in [-0.1, -0.05) is 0 Å². The van der Waals surface area contributed by atoms with Gasteiger partial charge in [0.25, 0.3) is 0 Å². The van der Waals surface area contributed by atoms with Crippen LogP contribution in [0.3, 0.4) is 0 Å². The zero-order valence-electron chi connectivity index (χ0n) is 38.8. The smallest absolute Gasteiger partial charge is 0.217 e. The molecule has 0 spiro atoms. The fraction of sp³-hybridized carbons (Fsp3) is 0.950. The highest BCUT2D eigenvalue weighted by atomic mass is 16.8. The molecule has 6 saturated heterocycles. The summed E-state index contributed by atoms with van der Waals surface area (Å²) >= 11 is 0. The van der Waals surface area contributed by atoms with Crippen LogP contribution in [0, 0.1) is 0 Å². The summed E-state index contributed by atoms with van der Waals surface area (Å²) in [4.78, 5) is 24.8. The topological polar surface area (TPSA) is 504 Å². The van der Waals surface area contributed by atoms with Crippen LogP contribution in [-0.4, -0.2) is 316 Å². The molecular formula is C40H68N2O30. The lowest BCUT2D eigenvalue weighted by Crippen LogP contribution is -2.70. The summed E-state index contributed by atoms with van der Waals surface area (Å²) in [7, 11) is 0. The van der Waals surface area contributed by atoms with Gasteiger partial charge in [-0.05, 0) is 6.92 Å². The van der Waals surface area contributed by atoms with Crippen molar-refractivity contribution in [3.63, 3.8) is 0 Å². The molecule has 6 fully saturated rings. The normalized spacial score (nSPS) is 50.3. The van der Waals surface area contributed by atoms with Crippen LogP contribution in [0.25, 0.3) is 0 Å². The highest BCUT2D eigenvalue weighted by Crippen LogP contribution is 2.36. The molecule has 0 aromatic rings. The van der Waals surface area contributed by atoms with Crippen LogP contribution < -0.4 is 10.6 Å². The SMILES string of the molecule is CC(=O)N[C@H]1[C@H](O[C@H]2[C@H](O)[C@@H](NC(C)=O)C(O)O[C@@H]2CO[C@H]2O[C@H](C)[C@H](O)[C@H](O)[C@H]2O)O[C@H](CO)[C@@H](O[C@@H]2O[C@H](CO[C@H]3O[C@H](CO)[C@@H](O)[C@H](O)[C@@H]3O)[C@@H](O)[C@H](O[C@H]3O[C@H](CO)[C@@H](O)[C@H](O)[C@@H]3O)[C@@H]2O)[C@@H]1O. The third-order valence-corrected chi connectivity index (χ3v) is 13.2. The minimum atomic E-state index is -2.23. The molecular weight excluding hydrogens is 988 g/mol. The molecule has 72 heavy (non-hydrogen) atoms. The molecule has 0 aliphatic carbocycles. The first-order valence-corrected chi connectivity index (χ1v) is 23.0. The monoisotopic (exact) mass is 1060 g/mol. The lowest BCUT2D eigenvalue weighted by Gasteiger charge is -2.50. The molecule has 19 N–H and O–H groups in total. The van der Waals surface area contributed by atoms with Gasteiger partial charge in [0.2, 0.25) is 11.8 Å². The van der Waals surface area contributed by atoms with E-state index in [-0.39, 0.29) is 0 Å². The number of rotatable bonds is 17. The zero-order valence-corrected chi connectivity index (χ0v) is 38.8. The van der Waals surface area contributed by atoms with Gasteiger partial charge in [-0.15, -0.1) is 0 Å². The summed E-state index contributed by atoms with van der Waals surface area (Å²) in [5.41, 5.74) is 0. The molecule has 6 aliphatic heterocycles. The van der Waals surface area contributed by atoms with Crippen LogP contribution in [0.1, 0.15) is 20.8 Å². The molecule has 6 aliphatic rings. The van der Waals surface area contributed by atoms with Crippen molar-refractivity contribution >= 4 is 11.8 Å². The number of nitrogens with one attached hydrogen (secondary N) is 2. The highest BCUT2D eigenvalue weighted by Gasteiger charge is 2.57. The molecule has 30 atom stereocenters. The van der Waals surface area contributed by atoms with Gasteiger partial charge in [-0.2, -0.15) is 0 Å². The van der Waals surface area contributed by atoms with Crippen molar-refractivity contribution in [1.29, 1.82) is 0 Å². The Morgan fingerprint density at radius 3 is 1.35 bits per heavy atom. The largest absolute Gasteiger partial charge is 0.394 e. The molecule has 0 saturated carbocycles. The first kappa shape index (κ1) is 59.1. The number of aliphatic hydroxyl groups is 17. The summed E-state index contributed by atoms with van der Waals surface area (Å²) in [6.45, 7) is -1.00. The number of amides is 2. The maximum Gasteiger partial charge on any atom is 0.217 e. The van der Waals surface area contributed by atoms with Crippen molar-refractivity contribution < 1.29 is 149 Å². The molecule has 0 aromatic heterocycles. The van der Waals surface area contributed by atoms with Crippen molar-refractivity contribution in [3.05, 3.63) is 0 Å². The Hall–Kier alpha value is -2.18. The molecule has 418 valence electrons. The van der Waals surface area contributed by atoms with Crippen LogP contribution >= 0.6 is 0 Å². The van der Waals surface area contributed by atoms with E-state index in [1.165, 1.54) is 6.92 Å². The van der Waals surface area contributed by atoms with Gasteiger partial charge in [0.15, 0.2) is 37.7 Å². The molecule has 0 aromatic carbocycles. The first-order valence-electron chi connectivity index (χ1n) is 23.0. The number of aliphatic hydroxyl groups excluding tert-OH is 17. The van der Waals surface area contributed by atoms with E-state index < -0.39 is 229 Å². The fourth-order valence-corrected chi connectivity index (χ4v) is 9.06. The fourth-order valence-electron chi connectivity index (χ4n) is 9.06. The second-order valence-corrected chi connectivity index (χ2v) is 18.3. The maximum absolute atomic E-state index is 12.7. The van der Waals surface area contributed by atoms with Crippen LogP contribution in [0.2, 0.25) is 0 Å². The number of hydrogen-bond acceptors (Lipinski definition) is 30. The minimum absolute atomic E-state index is 0.728. The van der Waals surface area contributed by atoms with E-state index in [4.69, 9.17) is 52.1 Å². The van der Waals surface area contributed by atoms with E-state index in [9.17, 15) is 96.4 Å². The van der Waals surface area contributed by atoms with Crippen LogP contribution in [0.4, 0.5) is 0 Å².